The Balaban J connectivity index is 2.10. The number of likely N-dealkylation sites (N-methyl/N-ethyl adjacent to an activating group) is 1. The second-order valence-corrected chi connectivity index (χ2v) is 7.12. The Morgan fingerprint density at radius 3 is 2.53 bits per heavy atom. The first-order chi connectivity index (χ1) is 9.04. The van der Waals surface area contributed by atoms with E-state index < -0.39 is 10.0 Å². The van der Waals surface area contributed by atoms with Gasteiger partial charge < -0.3 is 5.32 Å². The number of nitrogens with one attached hydrogen (secondary N) is 1. The highest BCUT2D eigenvalue weighted by atomic mass is 32.2. The van der Waals surface area contributed by atoms with Crippen LogP contribution in [-0.4, -0.2) is 38.9 Å². The van der Waals surface area contributed by atoms with Crippen LogP contribution in [0.1, 0.15) is 25.3 Å². The summed E-state index contributed by atoms with van der Waals surface area (Å²) < 4.78 is 26.3. The molecule has 1 atom stereocenters. The summed E-state index contributed by atoms with van der Waals surface area (Å²) in [5.74, 6) is 0. The van der Waals surface area contributed by atoms with Gasteiger partial charge in [0.1, 0.15) is 0 Å². The third-order valence-electron chi connectivity index (χ3n) is 3.68. The average Bonchev–Trinajstić information content (AvgIpc) is 2.91. The van der Waals surface area contributed by atoms with Crippen LogP contribution in [-0.2, 0) is 16.4 Å². The van der Waals surface area contributed by atoms with Crippen molar-refractivity contribution in [3.63, 3.8) is 0 Å². The molecule has 1 N–H and O–H groups in total. The highest BCUT2D eigenvalue weighted by molar-refractivity contribution is 7.89. The minimum atomic E-state index is -3.36. The van der Waals surface area contributed by atoms with Gasteiger partial charge in [-0.2, -0.15) is 4.31 Å². The molecule has 0 aromatic heterocycles. The van der Waals surface area contributed by atoms with Crippen molar-refractivity contribution in [1.29, 1.82) is 0 Å². The number of hydrogen-bond acceptors (Lipinski definition) is 3. The summed E-state index contributed by atoms with van der Waals surface area (Å²) >= 11 is 0. The topological polar surface area (TPSA) is 49.4 Å². The predicted octanol–water partition coefficient (Wildman–Crippen LogP) is 1.62. The lowest BCUT2D eigenvalue weighted by Crippen LogP contribution is -2.38. The van der Waals surface area contributed by atoms with Gasteiger partial charge in [0.15, 0.2) is 0 Å². The average molecular weight is 282 g/mol. The van der Waals surface area contributed by atoms with E-state index in [-0.39, 0.29) is 6.04 Å². The number of nitrogens with zero attached hydrogens (tertiary/aromatic N) is 1. The molecule has 19 heavy (non-hydrogen) atoms. The molecule has 1 fully saturated rings. The van der Waals surface area contributed by atoms with E-state index in [1.165, 1.54) is 4.31 Å². The van der Waals surface area contributed by atoms with Gasteiger partial charge in [-0.15, -0.1) is 0 Å². The summed E-state index contributed by atoms with van der Waals surface area (Å²) in [5, 5.41) is 3.32. The van der Waals surface area contributed by atoms with Crippen molar-refractivity contribution < 1.29 is 8.42 Å². The first-order valence-corrected chi connectivity index (χ1v) is 8.26. The van der Waals surface area contributed by atoms with Crippen LogP contribution in [0.5, 0.6) is 0 Å². The minimum absolute atomic E-state index is 0.287. The van der Waals surface area contributed by atoms with Crippen LogP contribution in [0.4, 0.5) is 0 Å². The summed E-state index contributed by atoms with van der Waals surface area (Å²) in [4.78, 5) is 0.380. The van der Waals surface area contributed by atoms with Gasteiger partial charge in [0.05, 0.1) is 4.90 Å². The van der Waals surface area contributed by atoms with Gasteiger partial charge in [-0.25, -0.2) is 8.42 Å². The molecule has 1 heterocycles. The predicted molar refractivity (Wildman–Crippen MR) is 76.7 cm³/mol. The van der Waals surface area contributed by atoms with Crippen molar-refractivity contribution in [2.45, 2.75) is 37.1 Å². The highest BCUT2D eigenvalue weighted by Gasteiger charge is 2.25. The van der Waals surface area contributed by atoms with Crippen LogP contribution < -0.4 is 5.32 Å². The van der Waals surface area contributed by atoms with Crippen LogP contribution >= 0.6 is 0 Å². The molecule has 1 aliphatic heterocycles. The molecule has 0 aliphatic carbocycles. The third-order valence-corrected chi connectivity index (χ3v) is 5.52. The van der Waals surface area contributed by atoms with E-state index in [0.29, 0.717) is 11.4 Å². The molecule has 1 unspecified atom stereocenters. The van der Waals surface area contributed by atoms with E-state index in [1.807, 2.05) is 12.1 Å². The Hall–Kier alpha value is -0.910. The van der Waals surface area contributed by atoms with Gasteiger partial charge in [0, 0.05) is 19.6 Å². The fraction of sp³-hybridized carbons (Fsp3) is 0.571. The molecular weight excluding hydrogens is 260 g/mol. The summed E-state index contributed by atoms with van der Waals surface area (Å²) in [6.45, 7) is 3.59. The highest BCUT2D eigenvalue weighted by Crippen LogP contribution is 2.17. The Kier molecular flexibility index (Phi) is 4.60. The van der Waals surface area contributed by atoms with Crippen molar-refractivity contribution >= 4 is 10.0 Å². The molecule has 0 radical (unpaired) electrons. The fourth-order valence-corrected chi connectivity index (χ4v) is 3.61. The maximum atomic E-state index is 12.4. The first kappa shape index (κ1) is 14.5. The normalized spacial score (nSPS) is 20.1. The minimum Gasteiger partial charge on any atom is -0.313 e. The van der Waals surface area contributed by atoms with Gasteiger partial charge in [-0.1, -0.05) is 19.1 Å². The van der Waals surface area contributed by atoms with Crippen LogP contribution in [0.2, 0.25) is 0 Å². The maximum absolute atomic E-state index is 12.4. The Morgan fingerprint density at radius 2 is 2.00 bits per heavy atom. The zero-order valence-corrected chi connectivity index (χ0v) is 12.4. The molecule has 106 valence electrons. The van der Waals surface area contributed by atoms with Crippen LogP contribution in [0.25, 0.3) is 0 Å². The molecule has 0 amide bonds. The van der Waals surface area contributed by atoms with Crippen molar-refractivity contribution in [2.24, 2.45) is 0 Å². The standard InChI is InChI=1S/C14H22N2O2S/c1-3-12-6-8-14(9-7-12)19(17,18)16(2)11-13-5-4-10-15-13/h6-9,13,15H,3-5,10-11H2,1-2H3. The van der Waals surface area contributed by atoms with Gasteiger partial charge in [-0.3, -0.25) is 0 Å². The Bertz CT molecular complexity index is 505. The largest absolute Gasteiger partial charge is 0.313 e. The summed E-state index contributed by atoms with van der Waals surface area (Å²) in [6, 6.07) is 7.46. The van der Waals surface area contributed by atoms with Crippen LogP contribution in [0.15, 0.2) is 29.2 Å². The molecular formula is C14H22N2O2S. The molecule has 2 rings (SSSR count). The number of sulfonamides is 1. The lowest BCUT2D eigenvalue weighted by molar-refractivity contribution is 0.417. The molecule has 1 saturated heterocycles. The molecule has 0 spiro atoms. The van der Waals surface area contributed by atoms with Crippen LogP contribution in [0, 0.1) is 0 Å². The third kappa shape index (κ3) is 3.35. The van der Waals surface area contributed by atoms with Crippen molar-refractivity contribution in [3.05, 3.63) is 29.8 Å². The fourth-order valence-electron chi connectivity index (χ4n) is 2.40. The lowest BCUT2D eigenvalue weighted by Gasteiger charge is -2.21. The van der Waals surface area contributed by atoms with E-state index in [1.54, 1.807) is 19.2 Å². The second-order valence-electron chi connectivity index (χ2n) is 5.08. The number of rotatable bonds is 5. The number of aryl methyl sites for hydroxylation is 1. The van der Waals surface area contributed by atoms with Gasteiger partial charge in [-0.05, 0) is 43.5 Å². The summed E-state index contributed by atoms with van der Waals surface area (Å²) in [5.41, 5.74) is 1.15. The Morgan fingerprint density at radius 1 is 1.32 bits per heavy atom. The summed E-state index contributed by atoms with van der Waals surface area (Å²) in [6.07, 6.45) is 3.10. The lowest BCUT2D eigenvalue weighted by atomic mass is 10.2. The van der Waals surface area contributed by atoms with Gasteiger partial charge in [0.2, 0.25) is 10.0 Å². The van der Waals surface area contributed by atoms with E-state index in [2.05, 4.69) is 12.2 Å². The molecule has 1 aliphatic rings. The summed E-state index contributed by atoms with van der Waals surface area (Å²) in [7, 11) is -1.70. The van der Waals surface area contributed by atoms with Crippen molar-refractivity contribution in [3.8, 4) is 0 Å². The van der Waals surface area contributed by atoms with Gasteiger partial charge >= 0.3 is 0 Å². The monoisotopic (exact) mass is 282 g/mol. The van der Waals surface area contributed by atoms with Crippen molar-refractivity contribution in [1.82, 2.24) is 9.62 Å². The molecule has 5 heteroatoms. The smallest absolute Gasteiger partial charge is 0.242 e. The SMILES string of the molecule is CCc1ccc(S(=O)(=O)N(C)CC2CCCN2)cc1. The van der Waals surface area contributed by atoms with E-state index in [4.69, 9.17) is 0 Å². The van der Waals surface area contributed by atoms with E-state index in [0.717, 1.165) is 31.4 Å². The molecule has 1 aromatic rings. The molecule has 0 bridgehead atoms. The van der Waals surface area contributed by atoms with Crippen molar-refractivity contribution in [2.75, 3.05) is 20.1 Å². The molecule has 0 saturated carbocycles. The quantitative estimate of drug-likeness (QED) is 0.893. The van der Waals surface area contributed by atoms with E-state index >= 15 is 0 Å². The molecule has 4 nitrogen and oxygen atoms in total. The number of hydrogen-bond donors (Lipinski definition) is 1. The Labute approximate surface area is 115 Å². The first-order valence-electron chi connectivity index (χ1n) is 6.82. The molecule has 1 aromatic carbocycles. The van der Waals surface area contributed by atoms with E-state index in [9.17, 15) is 8.42 Å². The van der Waals surface area contributed by atoms with Crippen LogP contribution in [0.3, 0.4) is 0 Å². The van der Waals surface area contributed by atoms with Gasteiger partial charge in [0.25, 0.3) is 0 Å². The maximum Gasteiger partial charge on any atom is 0.242 e. The zero-order valence-electron chi connectivity index (χ0n) is 11.6. The number of benzene rings is 1. The zero-order chi connectivity index (χ0) is 13.9. The second kappa shape index (κ2) is 6.03.